The van der Waals surface area contributed by atoms with Gasteiger partial charge in [0, 0.05) is 6.54 Å². The van der Waals surface area contributed by atoms with Crippen LogP contribution in [0.5, 0.6) is 0 Å². The Bertz CT molecular complexity index is 541. The molecular formula is C20H37NO5Si. The van der Waals surface area contributed by atoms with Crippen LogP contribution in [-0.4, -0.2) is 61.1 Å². The van der Waals surface area contributed by atoms with Crippen molar-refractivity contribution < 1.29 is 23.9 Å². The van der Waals surface area contributed by atoms with Crippen molar-refractivity contribution in [3.8, 4) is 0 Å². The Hall–Kier alpha value is -0.923. The highest BCUT2D eigenvalue weighted by atomic mass is 28.4. The second-order valence-electron chi connectivity index (χ2n) is 9.24. The van der Waals surface area contributed by atoms with E-state index in [0.29, 0.717) is 29.6 Å². The van der Waals surface area contributed by atoms with Gasteiger partial charge >= 0.3 is 5.97 Å². The maximum Gasteiger partial charge on any atom is 0.314 e. The first-order valence-corrected chi connectivity index (χ1v) is 12.5. The van der Waals surface area contributed by atoms with E-state index in [1.807, 2.05) is 0 Å². The van der Waals surface area contributed by atoms with Crippen molar-refractivity contribution in [3.63, 3.8) is 0 Å². The molecule has 2 heterocycles. The third-order valence-electron chi connectivity index (χ3n) is 6.33. The molecule has 2 aliphatic rings. The molecule has 2 aliphatic heterocycles. The van der Waals surface area contributed by atoms with E-state index in [4.69, 9.17) is 9.16 Å². The van der Waals surface area contributed by atoms with E-state index in [2.05, 4.69) is 41.5 Å². The van der Waals surface area contributed by atoms with E-state index in [1.54, 1.807) is 18.7 Å². The number of aliphatic hydroxyl groups is 1. The molecule has 0 aromatic heterocycles. The fourth-order valence-corrected chi connectivity index (χ4v) is 11.0. The second kappa shape index (κ2) is 8.21. The number of esters is 1. The zero-order chi connectivity index (χ0) is 20.7. The van der Waals surface area contributed by atoms with Gasteiger partial charge in [-0.05, 0) is 36.9 Å². The maximum atomic E-state index is 12.7. The number of aliphatic hydroxyl groups excluding tert-OH is 1. The van der Waals surface area contributed by atoms with E-state index in [9.17, 15) is 14.7 Å². The fraction of sp³-hybridized carbons (Fsp3) is 0.900. The van der Waals surface area contributed by atoms with Crippen LogP contribution in [0.3, 0.4) is 0 Å². The number of fused-ring (bicyclic) bond motifs is 1. The quantitative estimate of drug-likeness (QED) is 0.526. The van der Waals surface area contributed by atoms with E-state index < -0.39 is 32.4 Å². The summed E-state index contributed by atoms with van der Waals surface area (Å²) in [6, 6.07) is -0.429. The van der Waals surface area contributed by atoms with E-state index in [0.717, 1.165) is 0 Å². The Morgan fingerprint density at radius 1 is 1.07 bits per heavy atom. The number of hydrogen-bond donors (Lipinski definition) is 1. The molecule has 2 saturated heterocycles. The molecule has 0 bridgehead atoms. The minimum Gasteiger partial charge on any atom is -0.463 e. The molecule has 0 aromatic rings. The standard InChI is InChI=1S/C20H37NO5Si/c1-11(2)25-20(24)16-17-15(9-10-21(17)19(23)18(16)22)26-27(12(3)4,13(5)6)14(7)8/h11-18,22H,9-10H2,1-8H3/t15-,16-,17-,18+/m0/s1. The lowest BCUT2D eigenvalue weighted by Gasteiger charge is -2.45. The molecule has 156 valence electrons. The molecule has 1 N–H and O–H groups in total. The van der Waals surface area contributed by atoms with Crippen LogP contribution in [0.4, 0.5) is 0 Å². The Morgan fingerprint density at radius 3 is 2.04 bits per heavy atom. The summed E-state index contributed by atoms with van der Waals surface area (Å²) in [5.74, 6) is -1.74. The Labute approximate surface area is 164 Å². The molecule has 2 fully saturated rings. The van der Waals surface area contributed by atoms with Gasteiger partial charge in [-0.3, -0.25) is 9.59 Å². The molecule has 0 spiro atoms. The van der Waals surface area contributed by atoms with Crippen LogP contribution < -0.4 is 0 Å². The molecule has 7 heteroatoms. The first kappa shape index (κ1) is 22.4. The van der Waals surface area contributed by atoms with Gasteiger partial charge in [0.05, 0.1) is 18.2 Å². The van der Waals surface area contributed by atoms with Crippen LogP contribution in [0.25, 0.3) is 0 Å². The molecular weight excluding hydrogens is 362 g/mol. The number of rotatable bonds is 7. The van der Waals surface area contributed by atoms with Gasteiger partial charge in [-0.1, -0.05) is 41.5 Å². The van der Waals surface area contributed by atoms with Crippen LogP contribution in [0.15, 0.2) is 0 Å². The first-order chi connectivity index (χ1) is 12.4. The smallest absolute Gasteiger partial charge is 0.314 e. The highest BCUT2D eigenvalue weighted by molar-refractivity contribution is 6.77. The Balaban J connectivity index is 2.35. The average Bonchev–Trinajstić information content (AvgIpc) is 3.03. The number of hydrogen-bond acceptors (Lipinski definition) is 5. The lowest BCUT2D eigenvalue weighted by Crippen LogP contribution is -2.53. The SMILES string of the molecule is CC(C)OC(=O)[C@H]1[C@@H]2[C@@H](O[Si](C(C)C)(C(C)C)C(C)C)CCN2C(=O)[C@@H]1O. The van der Waals surface area contributed by atoms with Crippen LogP contribution in [0.1, 0.15) is 61.8 Å². The fourth-order valence-electron chi connectivity index (χ4n) is 5.36. The first-order valence-electron chi connectivity index (χ1n) is 10.3. The predicted octanol–water partition coefficient (Wildman–Crippen LogP) is 3.09. The topological polar surface area (TPSA) is 76.1 Å². The van der Waals surface area contributed by atoms with Gasteiger partial charge in [-0.2, -0.15) is 0 Å². The predicted molar refractivity (Wildman–Crippen MR) is 107 cm³/mol. The Kier molecular flexibility index (Phi) is 6.80. The van der Waals surface area contributed by atoms with Gasteiger partial charge in [-0.25, -0.2) is 0 Å². The Morgan fingerprint density at radius 2 is 1.59 bits per heavy atom. The molecule has 0 unspecified atom stereocenters. The molecule has 27 heavy (non-hydrogen) atoms. The van der Waals surface area contributed by atoms with Crippen molar-refractivity contribution in [2.75, 3.05) is 6.54 Å². The van der Waals surface area contributed by atoms with E-state index in [1.165, 1.54) is 0 Å². The summed E-state index contributed by atoms with van der Waals surface area (Å²) in [5.41, 5.74) is 1.24. The maximum absolute atomic E-state index is 12.7. The van der Waals surface area contributed by atoms with Crippen LogP contribution in [0, 0.1) is 5.92 Å². The van der Waals surface area contributed by atoms with Crippen molar-refractivity contribution in [3.05, 3.63) is 0 Å². The summed E-state index contributed by atoms with van der Waals surface area (Å²) < 4.78 is 12.3. The number of nitrogens with zero attached hydrogens (tertiary/aromatic N) is 1. The molecule has 2 rings (SSSR count). The van der Waals surface area contributed by atoms with Crippen molar-refractivity contribution in [2.45, 2.75) is 103 Å². The number of carbonyl (C=O) groups excluding carboxylic acids is 2. The van der Waals surface area contributed by atoms with Gasteiger partial charge in [0.1, 0.15) is 12.0 Å². The largest absolute Gasteiger partial charge is 0.463 e. The summed E-state index contributed by atoms with van der Waals surface area (Å²) in [5, 5.41) is 10.5. The van der Waals surface area contributed by atoms with Crippen molar-refractivity contribution in [1.82, 2.24) is 4.90 Å². The third kappa shape index (κ3) is 3.83. The highest BCUT2D eigenvalue weighted by Gasteiger charge is 2.59. The van der Waals surface area contributed by atoms with E-state index >= 15 is 0 Å². The number of carbonyl (C=O) groups is 2. The van der Waals surface area contributed by atoms with Crippen molar-refractivity contribution >= 4 is 20.2 Å². The monoisotopic (exact) mass is 399 g/mol. The lowest BCUT2D eigenvalue weighted by atomic mass is 9.94. The molecule has 4 atom stereocenters. The van der Waals surface area contributed by atoms with Crippen LogP contribution >= 0.6 is 0 Å². The molecule has 0 radical (unpaired) electrons. The average molecular weight is 400 g/mol. The molecule has 0 saturated carbocycles. The molecule has 6 nitrogen and oxygen atoms in total. The summed E-state index contributed by atoms with van der Waals surface area (Å²) in [4.78, 5) is 26.8. The van der Waals surface area contributed by atoms with Gasteiger partial charge in [0.2, 0.25) is 8.32 Å². The minimum atomic E-state index is -2.16. The zero-order valence-corrected chi connectivity index (χ0v) is 19.1. The molecule has 1 amide bonds. The highest BCUT2D eigenvalue weighted by Crippen LogP contribution is 2.46. The summed E-state index contributed by atoms with van der Waals surface area (Å²) in [6.45, 7) is 17.4. The lowest BCUT2D eigenvalue weighted by molar-refractivity contribution is -0.158. The number of ether oxygens (including phenoxy) is 1. The zero-order valence-electron chi connectivity index (χ0n) is 18.1. The van der Waals surface area contributed by atoms with E-state index in [-0.39, 0.29) is 18.1 Å². The van der Waals surface area contributed by atoms with Gasteiger partial charge in [-0.15, -0.1) is 0 Å². The normalized spacial score (nSPS) is 28.8. The van der Waals surface area contributed by atoms with Crippen molar-refractivity contribution in [1.29, 1.82) is 0 Å². The minimum absolute atomic E-state index is 0.227. The van der Waals surface area contributed by atoms with Gasteiger partial charge in [0.25, 0.3) is 5.91 Å². The molecule has 0 aliphatic carbocycles. The summed E-state index contributed by atoms with van der Waals surface area (Å²) >= 11 is 0. The summed E-state index contributed by atoms with van der Waals surface area (Å²) in [6.07, 6.45) is -1.14. The third-order valence-corrected chi connectivity index (χ3v) is 12.5. The van der Waals surface area contributed by atoms with Crippen molar-refractivity contribution in [2.24, 2.45) is 5.92 Å². The van der Waals surface area contributed by atoms with Gasteiger partial charge in [0.15, 0.2) is 0 Å². The van der Waals surface area contributed by atoms with Gasteiger partial charge < -0.3 is 19.2 Å². The second-order valence-corrected chi connectivity index (χ2v) is 14.6. The summed E-state index contributed by atoms with van der Waals surface area (Å²) in [7, 11) is -2.16. The molecule has 0 aromatic carbocycles. The van der Waals surface area contributed by atoms with Crippen LogP contribution in [0.2, 0.25) is 16.6 Å². The van der Waals surface area contributed by atoms with Crippen LogP contribution in [-0.2, 0) is 18.8 Å². The number of amides is 1.